The average molecular weight is 303 g/mol. The largest absolute Gasteiger partial charge is 0.243 e. The summed E-state index contributed by atoms with van der Waals surface area (Å²) in [7, 11) is -2.73. The topological polar surface area (TPSA) is 37.4 Å². The van der Waals surface area contributed by atoms with E-state index in [-0.39, 0.29) is 0 Å². The fourth-order valence-corrected chi connectivity index (χ4v) is 4.14. The van der Waals surface area contributed by atoms with E-state index in [2.05, 4.69) is 18.8 Å². The fourth-order valence-electron chi connectivity index (χ4n) is 1.53. The van der Waals surface area contributed by atoms with Crippen molar-refractivity contribution in [1.82, 2.24) is 4.31 Å². The minimum Gasteiger partial charge on any atom is -0.223 e. The quantitative estimate of drug-likeness (QED) is 0.860. The molecule has 0 aliphatic rings. The summed E-state index contributed by atoms with van der Waals surface area (Å²) < 4.78 is 26.6. The normalized spacial score (nSPS) is 14.7. The Morgan fingerprint density at radius 2 is 1.47 bits per heavy atom. The van der Waals surface area contributed by atoms with Gasteiger partial charge in [-0.05, 0) is 56.6 Å². The molecule has 5 heteroatoms. The monoisotopic (exact) mass is 303 g/mol. The van der Waals surface area contributed by atoms with E-state index < -0.39 is 25.6 Å². The Kier molecular flexibility index (Phi) is 4.45. The molecule has 0 bridgehead atoms. The van der Waals surface area contributed by atoms with Crippen LogP contribution in [0.25, 0.3) is 0 Å². The molecule has 0 radical (unpaired) electrons. The lowest BCUT2D eigenvalue weighted by Crippen LogP contribution is -2.42. The molecule has 1 aromatic carbocycles. The van der Waals surface area contributed by atoms with Gasteiger partial charge in [0.05, 0.1) is 4.90 Å². The van der Waals surface area contributed by atoms with E-state index in [0.717, 1.165) is 4.90 Å². The highest BCUT2D eigenvalue weighted by Gasteiger charge is 2.30. The first-order chi connectivity index (χ1) is 8.37. The maximum Gasteiger partial charge on any atom is 0.243 e. The Hall–Kier alpha value is -0.520. The lowest BCUT2D eigenvalue weighted by atomic mass is 10.1. The van der Waals surface area contributed by atoms with Crippen LogP contribution in [0.1, 0.15) is 20.8 Å². The van der Waals surface area contributed by atoms with Gasteiger partial charge in [-0.1, -0.05) is 12.1 Å². The van der Waals surface area contributed by atoms with Crippen LogP contribution in [0.15, 0.2) is 34.1 Å². The van der Waals surface area contributed by atoms with Crippen LogP contribution in [0.3, 0.4) is 0 Å². The van der Waals surface area contributed by atoms with Crippen LogP contribution in [0.2, 0.25) is 0 Å². The van der Waals surface area contributed by atoms with Crippen molar-refractivity contribution >= 4 is 20.1 Å². The lowest BCUT2D eigenvalue weighted by molar-refractivity contribution is 0.291. The van der Waals surface area contributed by atoms with E-state index in [1.54, 1.807) is 13.1 Å². The van der Waals surface area contributed by atoms with E-state index in [0.29, 0.717) is 4.90 Å². The molecule has 0 saturated carbocycles. The van der Waals surface area contributed by atoms with Gasteiger partial charge in [-0.15, -0.1) is 0 Å². The molecule has 3 nitrogen and oxygen atoms in total. The Morgan fingerprint density at radius 3 is 1.89 bits per heavy atom. The molecule has 0 aliphatic heterocycles. The van der Waals surface area contributed by atoms with Gasteiger partial charge >= 0.3 is 0 Å². The van der Waals surface area contributed by atoms with Crippen LogP contribution >= 0.6 is 10.0 Å². The SMILES string of the molecule is CN(C(C)(C)C)S(=O)(=O)c1cccc(S(C)(C)C)c1. The number of hydrogen-bond acceptors (Lipinski definition) is 2. The number of nitrogens with zero attached hydrogens (tertiary/aromatic N) is 1. The molecular weight excluding hydrogens is 278 g/mol. The van der Waals surface area contributed by atoms with E-state index in [1.165, 1.54) is 4.31 Å². The van der Waals surface area contributed by atoms with Gasteiger partial charge in [0.1, 0.15) is 0 Å². The first-order valence-electron chi connectivity index (χ1n) is 6.14. The zero-order valence-corrected chi connectivity index (χ0v) is 14.5. The maximum atomic E-state index is 12.6. The second kappa shape index (κ2) is 5.11. The number of benzene rings is 1. The van der Waals surface area contributed by atoms with Gasteiger partial charge in [0.25, 0.3) is 0 Å². The highest BCUT2D eigenvalue weighted by molar-refractivity contribution is 8.32. The van der Waals surface area contributed by atoms with Crippen LogP contribution in [-0.4, -0.2) is 44.1 Å². The van der Waals surface area contributed by atoms with E-state index in [9.17, 15) is 8.42 Å². The van der Waals surface area contributed by atoms with Crippen molar-refractivity contribution in [3.63, 3.8) is 0 Å². The predicted molar refractivity (Wildman–Crippen MR) is 84.8 cm³/mol. The zero-order chi connectivity index (χ0) is 15.1. The van der Waals surface area contributed by atoms with Crippen molar-refractivity contribution in [3.05, 3.63) is 24.3 Å². The molecule has 110 valence electrons. The molecule has 1 aromatic rings. The van der Waals surface area contributed by atoms with Gasteiger partial charge in [0.15, 0.2) is 0 Å². The Balaban J connectivity index is 3.32. The molecule has 19 heavy (non-hydrogen) atoms. The van der Waals surface area contributed by atoms with Gasteiger partial charge in [-0.25, -0.2) is 18.4 Å². The van der Waals surface area contributed by atoms with Gasteiger partial charge < -0.3 is 0 Å². The second-order valence-electron chi connectivity index (χ2n) is 6.46. The molecule has 0 atom stereocenters. The second-order valence-corrected chi connectivity index (χ2v) is 12.6. The highest BCUT2D eigenvalue weighted by atomic mass is 32.3. The van der Waals surface area contributed by atoms with Gasteiger partial charge in [0, 0.05) is 12.6 Å². The van der Waals surface area contributed by atoms with Crippen LogP contribution in [-0.2, 0) is 10.0 Å². The first kappa shape index (κ1) is 16.5. The van der Waals surface area contributed by atoms with Crippen molar-refractivity contribution in [2.75, 3.05) is 25.8 Å². The third kappa shape index (κ3) is 3.74. The van der Waals surface area contributed by atoms with Crippen LogP contribution in [0, 0.1) is 0 Å². The number of rotatable bonds is 3. The van der Waals surface area contributed by atoms with Gasteiger partial charge in [0.2, 0.25) is 10.0 Å². The molecule has 1 rings (SSSR count). The summed E-state index contributed by atoms with van der Waals surface area (Å²) in [6.07, 6.45) is 6.48. The number of sulfonamides is 1. The Morgan fingerprint density at radius 1 is 1.00 bits per heavy atom. The molecule has 0 spiro atoms. The molecule has 0 amide bonds. The average Bonchev–Trinajstić information content (AvgIpc) is 2.26. The summed E-state index contributed by atoms with van der Waals surface area (Å²) in [4.78, 5) is 1.49. The predicted octanol–water partition coefficient (Wildman–Crippen LogP) is 3.16. The lowest BCUT2D eigenvalue weighted by Gasteiger charge is -2.32. The van der Waals surface area contributed by atoms with E-state index >= 15 is 0 Å². The maximum absolute atomic E-state index is 12.6. The summed E-state index contributed by atoms with van der Waals surface area (Å²) in [6.45, 7) is 5.68. The molecule has 0 aliphatic carbocycles. The third-order valence-corrected chi connectivity index (χ3v) is 6.90. The third-order valence-electron chi connectivity index (χ3n) is 3.12. The van der Waals surface area contributed by atoms with Crippen molar-refractivity contribution in [1.29, 1.82) is 0 Å². The number of hydrogen-bond donors (Lipinski definition) is 0. The summed E-state index contributed by atoms with van der Waals surface area (Å²) in [5, 5.41) is 0. The first-order valence-corrected chi connectivity index (χ1v) is 10.4. The minimum absolute atomic E-state index is 0.379. The molecule has 0 saturated heterocycles. The van der Waals surface area contributed by atoms with Crippen LogP contribution < -0.4 is 0 Å². The summed E-state index contributed by atoms with van der Waals surface area (Å²) in [6, 6.07) is 7.32. The minimum atomic E-state index is -3.43. The summed E-state index contributed by atoms with van der Waals surface area (Å²) >= 11 is 0. The van der Waals surface area contributed by atoms with Gasteiger partial charge in [-0.3, -0.25) is 0 Å². The van der Waals surface area contributed by atoms with Crippen molar-refractivity contribution in [2.24, 2.45) is 0 Å². The van der Waals surface area contributed by atoms with E-state index in [1.807, 2.05) is 39.0 Å². The van der Waals surface area contributed by atoms with Gasteiger partial charge in [-0.2, -0.15) is 4.31 Å². The molecule has 0 heterocycles. The van der Waals surface area contributed by atoms with Crippen LogP contribution in [0.5, 0.6) is 0 Å². The van der Waals surface area contributed by atoms with E-state index in [4.69, 9.17) is 0 Å². The van der Waals surface area contributed by atoms with Crippen molar-refractivity contribution < 1.29 is 8.42 Å². The highest BCUT2D eigenvalue weighted by Crippen LogP contribution is 2.45. The zero-order valence-electron chi connectivity index (χ0n) is 12.9. The smallest absolute Gasteiger partial charge is 0.223 e. The standard InChI is InChI=1S/C14H25NO2S2/c1-14(2,3)15(4)19(16,17)13-10-8-9-12(11-13)18(5,6)7/h8-11H,1-7H3. The fraction of sp³-hybridized carbons (Fsp3) is 0.571. The molecule has 0 unspecified atom stereocenters. The van der Waals surface area contributed by atoms with Crippen molar-refractivity contribution in [2.45, 2.75) is 36.1 Å². The molecule has 0 N–H and O–H groups in total. The van der Waals surface area contributed by atoms with Crippen LogP contribution in [0.4, 0.5) is 0 Å². The molecule has 0 aromatic heterocycles. The Labute approximate surface area is 119 Å². The summed E-state index contributed by atoms with van der Waals surface area (Å²) in [5.41, 5.74) is -0.427. The Bertz CT molecular complexity index is 552. The molecule has 0 fully saturated rings. The summed E-state index contributed by atoms with van der Waals surface area (Å²) in [5.74, 6) is 0. The molecular formula is C14H25NO2S2. The van der Waals surface area contributed by atoms with Crippen molar-refractivity contribution in [3.8, 4) is 0 Å².